The Morgan fingerprint density at radius 1 is 1.61 bits per heavy atom. The van der Waals surface area contributed by atoms with E-state index in [-0.39, 0.29) is 5.91 Å². The molecule has 4 N–H and O–H groups in total. The summed E-state index contributed by atoms with van der Waals surface area (Å²) in [6.45, 7) is 2.91. The Morgan fingerprint density at radius 3 is 3.22 bits per heavy atom. The summed E-state index contributed by atoms with van der Waals surface area (Å²) in [5.41, 5.74) is 7.19. The number of carbonyl (C=O) groups is 1. The normalized spacial score (nSPS) is 15.5. The van der Waals surface area contributed by atoms with Crippen molar-refractivity contribution in [1.82, 2.24) is 5.32 Å². The van der Waals surface area contributed by atoms with E-state index in [1.807, 2.05) is 6.07 Å². The predicted octanol–water partition coefficient (Wildman–Crippen LogP) is 0.608. The van der Waals surface area contributed by atoms with Crippen molar-refractivity contribution in [3.63, 3.8) is 0 Å². The van der Waals surface area contributed by atoms with E-state index in [0.717, 1.165) is 17.3 Å². The van der Waals surface area contributed by atoms with Gasteiger partial charge < -0.3 is 21.1 Å². The molecule has 0 aromatic heterocycles. The van der Waals surface area contributed by atoms with Gasteiger partial charge in [0, 0.05) is 25.2 Å². The van der Waals surface area contributed by atoms with E-state index in [4.69, 9.17) is 10.5 Å². The second-order valence-electron chi connectivity index (χ2n) is 3.98. The topological polar surface area (TPSA) is 88.7 Å². The summed E-state index contributed by atoms with van der Waals surface area (Å²) in [5.74, 6) is 1.43. The number of amides is 1. The molecule has 1 aliphatic rings. The molecule has 0 fully saturated rings. The van der Waals surface area contributed by atoms with Crippen LogP contribution in [0.4, 0.5) is 11.4 Å². The minimum atomic E-state index is -0.0520. The number of nitrogens with zero attached hydrogens (tertiary/aromatic N) is 1. The Kier molecular flexibility index (Phi) is 3.66. The van der Waals surface area contributed by atoms with Crippen molar-refractivity contribution in [2.24, 2.45) is 4.99 Å². The van der Waals surface area contributed by atoms with Crippen molar-refractivity contribution < 1.29 is 9.53 Å². The molecule has 0 atom stereocenters. The summed E-state index contributed by atoms with van der Waals surface area (Å²) in [4.78, 5) is 15.0. The monoisotopic (exact) mass is 248 g/mol. The molecule has 0 bridgehead atoms. The fourth-order valence-corrected chi connectivity index (χ4v) is 1.61. The van der Waals surface area contributed by atoms with Gasteiger partial charge in [-0.05, 0) is 12.1 Å². The van der Waals surface area contributed by atoms with E-state index < -0.39 is 0 Å². The van der Waals surface area contributed by atoms with E-state index in [9.17, 15) is 4.79 Å². The molecule has 0 saturated carbocycles. The fraction of sp³-hybridized carbons (Fsp3) is 0.333. The molecule has 1 aromatic rings. The maximum Gasteiger partial charge on any atom is 0.216 e. The number of amidine groups is 1. The predicted molar refractivity (Wildman–Crippen MR) is 71.0 cm³/mol. The SMILES string of the molecule is CC(=O)NCCN=C1COc2cc(N)ccc2N1. The van der Waals surface area contributed by atoms with Crippen molar-refractivity contribution in [2.45, 2.75) is 6.92 Å². The number of nitrogens with two attached hydrogens (primary N) is 1. The van der Waals surface area contributed by atoms with Crippen LogP contribution in [0.5, 0.6) is 5.75 Å². The van der Waals surface area contributed by atoms with Crippen LogP contribution >= 0.6 is 0 Å². The van der Waals surface area contributed by atoms with E-state index in [1.165, 1.54) is 6.92 Å². The van der Waals surface area contributed by atoms with Crippen LogP contribution in [0.3, 0.4) is 0 Å². The van der Waals surface area contributed by atoms with Crippen LogP contribution in [-0.2, 0) is 4.79 Å². The lowest BCUT2D eigenvalue weighted by atomic mass is 10.2. The van der Waals surface area contributed by atoms with Gasteiger partial charge in [-0.3, -0.25) is 9.79 Å². The number of nitrogens with one attached hydrogen (secondary N) is 2. The Bertz CT molecular complexity index is 485. The van der Waals surface area contributed by atoms with Crippen molar-refractivity contribution in [2.75, 3.05) is 30.7 Å². The van der Waals surface area contributed by atoms with E-state index in [2.05, 4.69) is 15.6 Å². The molecule has 1 heterocycles. The zero-order valence-corrected chi connectivity index (χ0v) is 10.2. The van der Waals surface area contributed by atoms with Crippen LogP contribution in [0.25, 0.3) is 0 Å². The average molecular weight is 248 g/mol. The Hall–Kier alpha value is -2.24. The molecule has 0 saturated heterocycles. The van der Waals surface area contributed by atoms with Crippen molar-refractivity contribution in [1.29, 1.82) is 0 Å². The summed E-state index contributed by atoms with van der Waals surface area (Å²) in [6, 6.07) is 5.43. The highest BCUT2D eigenvalue weighted by atomic mass is 16.5. The minimum Gasteiger partial charge on any atom is -0.483 e. The smallest absolute Gasteiger partial charge is 0.216 e. The second kappa shape index (κ2) is 5.39. The van der Waals surface area contributed by atoms with E-state index in [0.29, 0.717) is 25.4 Å². The molecule has 0 unspecified atom stereocenters. The largest absolute Gasteiger partial charge is 0.483 e. The van der Waals surface area contributed by atoms with Crippen LogP contribution in [0.1, 0.15) is 6.92 Å². The molecule has 18 heavy (non-hydrogen) atoms. The number of rotatable bonds is 3. The summed E-state index contributed by atoms with van der Waals surface area (Å²) in [5, 5.41) is 5.85. The van der Waals surface area contributed by atoms with E-state index >= 15 is 0 Å². The number of fused-ring (bicyclic) bond motifs is 1. The minimum absolute atomic E-state index is 0.0520. The van der Waals surface area contributed by atoms with Crippen LogP contribution < -0.4 is 21.1 Å². The van der Waals surface area contributed by atoms with Gasteiger partial charge in [0.15, 0.2) is 0 Å². The quantitative estimate of drug-likeness (QED) is 0.540. The van der Waals surface area contributed by atoms with Crippen LogP contribution in [0.2, 0.25) is 0 Å². The highest BCUT2D eigenvalue weighted by Crippen LogP contribution is 2.29. The number of benzene rings is 1. The number of hydrogen-bond donors (Lipinski definition) is 3. The summed E-state index contributed by atoms with van der Waals surface area (Å²) < 4.78 is 5.53. The molecule has 1 aliphatic heterocycles. The lowest BCUT2D eigenvalue weighted by Gasteiger charge is -2.21. The molecule has 96 valence electrons. The first kappa shape index (κ1) is 12.2. The molecule has 1 amide bonds. The summed E-state index contributed by atoms with van der Waals surface area (Å²) in [7, 11) is 0. The van der Waals surface area contributed by atoms with Gasteiger partial charge >= 0.3 is 0 Å². The van der Waals surface area contributed by atoms with Gasteiger partial charge in [-0.25, -0.2) is 0 Å². The van der Waals surface area contributed by atoms with Crippen LogP contribution in [0.15, 0.2) is 23.2 Å². The maximum atomic E-state index is 10.7. The van der Waals surface area contributed by atoms with Gasteiger partial charge in [0.2, 0.25) is 5.91 Å². The van der Waals surface area contributed by atoms with Gasteiger partial charge in [-0.2, -0.15) is 0 Å². The Labute approximate surface area is 105 Å². The first-order valence-corrected chi connectivity index (χ1v) is 5.72. The standard InChI is InChI=1S/C12H16N4O2/c1-8(17)14-4-5-15-12-7-18-11-6-9(13)2-3-10(11)16-12/h2-3,6H,4-5,7,13H2,1H3,(H,14,17)(H,15,16). The summed E-state index contributed by atoms with van der Waals surface area (Å²) in [6.07, 6.45) is 0. The molecule has 6 nitrogen and oxygen atoms in total. The molecular weight excluding hydrogens is 232 g/mol. The van der Waals surface area contributed by atoms with Gasteiger partial charge in [0.05, 0.1) is 12.2 Å². The number of anilines is 2. The highest BCUT2D eigenvalue weighted by Gasteiger charge is 2.13. The third kappa shape index (κ3) is 3.13. The first-order chi connectivity index (χ1) is 8.65. The molecule has 0 spiro atoms. The Balaban J connectivity index is 1.93. The number of nitrogen functional groups attached to an aromatic ring is 1. The maximum absolute atomic E-state index is 10.7. The lowest BCUT2D eigenvalue weighted by Crippen LogP contribution is -2.28. The zero-order chi connectivity index (χ0) is 13.0. The highest BCUT2D eigenvalue weighted by molar-refractivity contribution is 5.99. The number of hydrogen-bond acceptors (Lipinski definition) is 4. The third-order valence-electron chi connectivity index (χ3n) is 2.44. The van der Waals surface area contributed by atoms with E-state index in [1.54, 1.807) is 12.1 Å². The molecule has 1 aromatic carbocycles. The zero-order valence-electron chi connectivity index (χ0n) is 10.2. The molecule has 0 aliphatic carbocycles. The molecular formula is C12H16N4O2. The third-order valence-corrected chi connectivity index (χ3v) is 2.44. The second-order valence-corrected chi connectivity index (χ2v) is 3.98. The summed E-state index contributed by atoms with van der Waals surface area (Å²) >= 11 is 0. The molecule has 2 rings (SSSR count). The average Bonchev–Trinajstić information content (AvgIpc) is 2.34. The van der Waals surface area contributed by atoms with Crippen molar-refractivity contribution in [3.8, 4) is 5.75 Å². The van der Waals surface area contributed by atoms with Crippen molar-refractivity contribution in [3.05, 3.63) is 18.2 Å². The van der Waals surface area contributed by atoms with Gasteiger partial charge in [0.25, 0.3) is 0 Å². The van der Waals surface area contributed by atoms with Gasteiger partial charge in [-0.1, -0.05) is 0 Å². The van der Waals surface area contributed by atoms with Gasteiger partial charge in [0.1, 0.15) is 18.2 Å². The Morgan fingerprint density at radius 2 is 2.44 bits per heavy atom. The van der Waals surface area contributed by atoms with Crippen molar-refractivity contribution >= 4 is 23.1 Å². The number of carbonyl (C=O) groups excluding carboxylic acids is 1. The lowest BCUT2D eigenvalue weighted by molar-refractivity contribution is -0.118. The molecule has 0 radical (unpaired) electrons. The van der Waals surface area contributed by atoms with Gasteiger partial charge in [-0.15, -0.1) is 0 Å². The first-order valence-electron chi connectivity index (χ1n) is 5.72. The van der Waals surface area contributed by atoms with Crippen LogP contribution in [0, 0.1) is 0 Å². The number of ether oxygens (including phenoxy) is 1. The number of aliphatic imine (C=N–C) groups is 1. The van der Waals surface area contributed by atoms with Crippen LogP contribution in [-0.4, -0.2) is 31.4 Å². The fourth-order valence-electron chi connectivity index (χ4n) is 1.61. The molecule has 6 heteroatoms.